The van der Waals surface area contributed by atoms with Crippen LogP contribution in [-0.2, 0) is 4.74 Å². The molecule has 1 heterocycles. The van der Waals surface area contributed by atoms with E-state index in [-0.39, 0.29) is 13.2 Å². The summed E-state index contributed by atoms with van der Waals surface area (Å²) in [4.78, 5) is 0. The molecular formula is C8H14O5. The first-order valence-corrected chi connectivity index (χ1v) is 4.02. The third kappa shape index (κ3) is 2.07. The highest BCUT2D eigenvalue weighted by Crippen LogP contribution is 2.20. The summed E-state index contributed by atoms with van der Waals surface area (Å²) in [5.74, 6) is 0. The third-order valence-corrected chi connectivity index (χ3v) is 2.11. The number of rotatable bonds is 2. The van der Waals surface area contributed by atoms with Crippen LogP contribution >= 0.6 is 0 Å². The van der Waals surface area contributed by atoms with Crippen molar-refractivity contribution in [2.24, 2.45) is 0 Å². The second kappa shape index (κ2) is 4.17. The van der Waals surface area contributed by atoms with E-state index in [2.05, 4.69) is 6.58 Å². The van der Waals surface area contributed by atoms with Crippen LogP contribution in [0.5, 0.6) is 0 Å². The van der Waals surface area contributed by atoms with Crippen LogP contribution in [0.3, 0.4) is 0 Å². The van der Waals surface area contributed by atoms with E-state index in [4.69, 9.17) is 14.9 Å². The van der Waals surface area contributed by atoms with Gasteiger partial charge in [-0.25, -0.2) is 0 Å². The predicted octanol–water partition coefficient (Wildman–Crippen LogP) is -1.98. The molecule has 76 valence electrons. The van der Waals surface area contributed by atoms with Gasteiger partial charge in [0.25, 0.3) is 0 Å². The van der Waals surface area contributed by atoms with E-state index in [1.807, 2.05) is 0 Å². The molecule has 0 spiro atoms. The van der Waals surface area contributed by atoms with Crippen molar-refractivity contribution in [1.82, 2.24) is 0 Å². The first kappa shape index (κ1) is 10.6. The van der Waals surface area contributed by atoms with Crippen molar-refractivity contribution in [3.05, 3.63) is 12.2 Å². The van der Waals surface area contributed by atoms with Crippen LogP contribution in [0, 0.1) is 0 Å². The lowest BCUT2D eigenvalue weighted by atomic mass is 9.96. The van der Waals surface area contributed by atoms with Crippen LogP contribution < -0.4 is 0 Å². The van der Waals surface area contributed by atoms with Gasteiger partial charge in [-0.15, -0.1) is 0 Å². The summed E-state index contributed by atoms with van der Waals surface area (Å²) in [5, 5.41) is 36.5. The van der Waals surface area contributed by atoms with Crippen LogP contribution in [0.25, 0.3) is 0 Å². The minimum absolute atomic E-state index is 0.0675. The number of aliphatic hydroxyl groups is 4. The van der Waals surface area contributed by atoms with Crippen molar-refractivity contribution in [2.45, 2.75) is 24.4 Å². The van der Waals surface area contributed by atoms with Crippen LogP contribution in [-0.4, -0.2) is 58.1 Å². The summed E-state index contributed by atoms with van der Waals surface area (Å²) in [6, 6.07) is 0. The Morgan fingerprint density at radius 2 is 1.92 bits per heavy atom. The quantitative estimate of drug-likeness (QED) is 0.379. The van der Waals surface area contributed by atoms with E-state index in [0.29, 0.717) is 5.57 Å². The van der Waals surface area contributed by atoms with Gasteiger partial charge >= 0.3 is 0 Å². The lowest BCUT2D eigenvalue weighted by molar-refractivity contribution is -0.177. The summed E-state index contributed by atoms with van der Waals surface area (Å²) in [6.45, 7) is 3.10. The highest BCUT2D eigenvalue weighted by atomic mass is 16.5. The summed E-state index contributed by atoms with van der Waals surface area (Å²) < 4.78 is 5.01. The largest absolute Gasteiger partial charge is 0.392 e. The first-order chi connectivity index (χ1) is 6.07. The van der Waals surface area contributed by atoms with E-state index >= 15 is 0 Å². The Morgan fingerprint density at radius 1 is 1.31 bits per heavy atom. The van der Waals surface area contributed by atoms with E-state index in [9.17, 15) is 10.2 Å². The second-order valence-electron chi connectivity index (χ2n) is 3.12. The average Bonchev–Trinajstić information content (AvgIpc) is 2.13. The lowest BCUT2D eigenvalue weighted by Crippen LogP contribution is -2.53. The molecule has 1 aliphatic rings. The van der Waals surface area contributed by atoms with Crippen molar-refractivity contribution >= 4 is 0 Å². The molecule has 4 N–H and O–H groups in total. The zero-order valence-electron chi connectivity index (χ0n) is 7.13. The SMILES string of the molecule is C=C(CO)[C@@H]1OC[C@H](O)[C@@H](O)[C@@H]1O. The second-order valence-corrected chi connectivity index (χ2v) is 3.12. The van der Waals surface area contributed by atoms with Gasteiger partial charge in [0.15, 0.2) is 0 Å². The van der Waals surface area contributed by atoms with Crippen LogP contribution in [0.15, 0.2) is 12.2 Å². The monoisotopic (exact) mass is 190 g/mol. The summed E-state index contributed by atoms with van der Waals surface area (Å²) >= 11 is 0. The van der Waals surface area contributed by atoms with Gasteiger partial charge in [0.05, 0.1) is 13.2 Å². The first-order valence-electron chi connectivity index (χ1n) is 4.02. The maximum absolute atomic E-state index is 9.40. The van der Waals surface area contributed by atoms with Gasteiger partial charge in [-0.05, 0) is 5.57 Å². The molecular weight excluding hydrogens is 176 g/mol. The van der Waals surface area contributed by atoms with E-state index in [1.165, 1.54) is 0 Å². The molecule has 0 saturated carbocycles. The summed E-state index contributed by atoms with van der Waals surface area (Å²) in [5.41, 5.74) is 0.290. The topological polar surface area (TPSA) is 90.2 Å². The average molecular weight is 190 g/mol. The molecule has 1 aliphatic heterocycles. The minimum atomic E-state index is -1.25. The van der Waals surface area contributed by atoms with Crippen molar-refractivity contribution in [1.29, 1.82) is 0 Å². The molecule has 0 aromatic rings. The standard InChI is InChI=1S/C8H14O5/c1-4(2-9)8-7(12)6(11)5(10)3-13-8/h5-12H,1-3H2/t5-,6+,7-,8-/m0/s1. The van der Waals surface area contributed by atoms with Crippen LogP contribution in [0.1, 0.15) is 0 Å². The summed E-state index contributed by atoms with van der Waals surface area (Å²) in [6.07, 6.45) is -4.37. The molecule has 13 heavy (non-hydrogen) atoms. The molecule has 1 fully saturated rings. The predicted molar refractivity (Wildman–Crippen MR) is 44.0 cm³/mol. The van der Waals surface area contributed by atoms with Gasteiger partial charge in [-0.3, -0.25) is 0 Å². The Morgan fingerprint density at radius 3 is 2.46 bits per heavy atom. The molecule has 0 aromatic heterocycles. The van der Waals surface area contributed by atoms with Gasteiger partial charge in [0, 0.05) is 0 Å². The van der Waals surface area contributed by atoms with E-state index in [0.717, 1.165) is 0 Å². The fourth-order valence-electron chi connectivity index (χ4n) is 1.26. The third-order valence-electron chi connectivity index (χ3n) is 2.11. The molecule has 5 heteroatoms. The Hall–Kier alpha value is -0.460. The Bertz CT molecular complexity index is 193. The van der Waals surface area contributed by atoms with Gasteiger partial charge in [-0.2, -0.15) is 0 Å². The van der Waals surface area contributed by atoms with Crippen LogP contribution in [0.2, 0.25) is 0 Å². The molecule has 0 aliphatic carbocycles. The molecule has 0 aromatic carbocycles. The fourth-order valence-corrected chi connectivity index (χ4v) is 1.26. The van der Waals surface area contributed by atoms with Gasteiger partial charge in [-0.1, -0.05) is 6.58 Å². The number of hydrogen-bond donors (Lipinski definition) is 4. The smallest absolute Gasteiger partial charge is 0.113 e. The Kier molecular flexibility index (Phi) is 3.40. The number of aliphatic hydroxyl groups excluding tert-OH is 4. The highest BCUT2D eigenvalue weighted by Gasteiger charge is 2.38. The van der Waals surface area contributed by atoms with E-state index < -0.39 is 24.4 Å². The Labute approximate surface area is 75.9 Å². The van der Waals surface area contributed by atoms with Crippen LogP contribution in [0.4, 0.5) is 0 Å². The van der Waals surface area contributed by atoms with Gasteiger partial charge < -0.3 is 25.2 Å². The van der Waals surface area contributed by atoms with Crippen molar-refractivity contribution < 1.29 is 25.2 Å². The maximum atomic E-state index is 9.40. The highest BCUT2D eigenvalue weighted by molar-refractivity contribution is 5.09. The molecule has 0 bridgehead atoms. The molecule has 0 radical (unpaired) electrons. The molecule has 4 atom stereocenters. The zero-order chi connectivity index (χ0) is 10.0. The fraction of sp³-hybridized carbons (Fsp3) is 0.750. The molecule has 0 amide bonds. The van der Waals surface area contributed by atoms with E-state index in [1.54, 1.807) is 0 Å². The van der Waals surface area contributed by atoms with Crippen molar-refractivity contribution in [3.63, 3.8) is 0 Å². The molecule has 1 saturated heterocycles. The van der Waals surface area contributed by atoms with Gasteiger partial charge in [0.1, 0.15) is 24.4 Å². The van der Waals surface area contributed by atoms with Crippen molar-refractivity contribution in [3.8, 4) is 0 Å². The minimum Gasteiger partial charge on any atom is -0.392 e. The maximum Gasteiger partial charge on any atom is 0.113 e. The number of hydrogen-bond acceptors (Lipinski definition) is 5. The number of ether oxygens (including phenoxy) is 1. The molecule has 5 nitrogen and oxygen atoms in total. The summed E-state index contributed by atoms with van der Waals surface area (Å²) in [7, 11) is 0. The molecule has 1 rings (SSSR count). The zero-order valence-corrected chi connectivity index (χ0v) is 7.13. The van der Waals surface area contributed by atoms with Gasteiger partial charge in [0.2, 0.25) is 0 Å². The van der Waals surface area contributed by atoms with Crippen molar-refractivity contribution in [2.75, 3.05) is 13.2 Å². The molecule has 0 unspecified atom stereocenters. The Balaban J connectivity index is 2.63. The normalized spacial score (nSPS) is 40.3. The lowest BCUT2D eigenvalue weighted by Gasteiger charge is -2.35.